The number of thiazole rings is 1. The van der Waals surface area contributed by atoms with Gasteiger partial charge in [0.15, 0.2) is 15.0 Å². The van der Waals surface area contributed by atoms with E-state index in [4.69, 9.17) is 9.72 Å². The normalized spacial score (nSPS) is 16.5. The number of hydrogen-bond acceptors (Lipinski definition) is 6. The molecule has 1 unspecified atom stereocenters. The van der Waals surface area contributed by atoms with Gasteiger partial charge < -0.3 is 4.74 Å². The quantitative estimate of drug-likeness (QED) is 0.481. The van der Waals surface area contributed by atoms with Crippen LogP contribution in [0.2, 0.25) is 0 Å². The first-order valence-electron chi connectivity index (χ1n) is 11.0. The molecule has 1 aromatic heterocycles. The second-order valence-corrected chi connectivity index (χ2v) is 11.3. The Hall–Kier alpha value is -2.29. The van der Waals surface area contributed by atoms with Crippen LogP contribution in [0.4, 0.5) is 5.13 Å². The predicted octanol–water partition coefficient (Wildman–Crippen LogP) is 4.54. The third kappa shape index (κ3) is 5.03. The number of fused-ring (bicyclic) bond motifs is 1. The Labute approximate surface area is 193 Å². The molecule has 0 saturated carbocycles. The number of aryl methyl sites for hydroxylation is 2. The van der Waals surface area contributed by atoms with Crippen LogP contribution in [-0.2, 0) is 25.8 Å². The number of amides is 1. The van der Waals surface area contributed by atoms with Gasteiger partial charge in [-0.2, -0.15) is 0 Å². The summed E-state index contributed by atoms with van der Waals surface area (Å²) >= 11 is 1.47. The Balaban J connectivity index is 1.57. The molecule has 0 N–H and O–H groups in total. The van der Waals surface area contributed by atoms with Crippen molar-refractivity contribution in [3.63, 3.8) is 0 Å². The first kappa shape index (κ1) is 22.9. The van der Waals surface area contributed by atoms with Crippen molar-refractivity contribution in [2.75, 3.05) is 23.8 Å². The van der Waals surface area contributed by atoms with E-state index in [2.05, 4.69) is 6.92 Å². The molecule has 1 amide bonds. The van der Waals surface area contributed by atoms with Crippen LogP contribution in [0, 0.1) is 6.92 Å². The molecular formula is C24H28N2O4S2. The molecule has 170 valence electrons. The fraction of sp³-hybridized carbons (Fsp3) is 0.417. The Kier molecular flexibility index (Phi) is 6.93. The highest BCUT2D eigenvalue weighted by Gasteiger charge is 2.27. The Bertz CT molecular complexity index is 1200. The third-order valence-electron chi connectivity index (χ3n) is 5.78. The van der Waals surface area contributed by atoms with E-state index in [1.807, 2.05) is 25.1 Å². The van der Waals surface area contributed by atoms with E-state index in [0.717, 1.165) is 40.6 Å². The van der Waals surface area contributed by atoms with Crippen LogP contribution in [0.1, 0.15) is 37.3 Å². The van der Waals surface area contributed by atoms with Gasteiger partial charge in [0, 0.05) is 13.0 Å². The van der Waals surface area contributed by atoms with E-state index in [-0.39, 0.29) is 29.1 Å². The van der Waals surface area contributed by atoms with Gasteiger partial charge in [0.05, 0.1) is 33.5 Å². The van der Waals surface area contributed by atoms with E-state index >= 15 is 0 Å². The van der Waals surface area contributed by atoms with E-state index in [1.54, 1.807) is 29.2 Å². The van der Waals surface area contributed by atoms with E-state index in [0.29, 0.717) is 18.3 Å². The highest BCUT2D eigenvalue weighted by atomic mass is 32.2. The molecule has 6 nitrogen and oxygen atoms in total. The zero-order valence-electron chi connectivity index (χ0n) is 18.4. The minimum absolute atomic E-state index is 0.0506. The Morgan fingerprint density at radius 2 is 2.00 bits per heavy atom. The van der Waals surface area contributed by atoms with Crippen LogP contribution in [0.3, 0.4) is 0 Å². The molecule has 1 fully saturated rings. The molecule has 2 aromatic carbocycles. The van der Waals surface area contributed by atoms with Gasteiger partial charge >= 0.3 is 0 Å². The molecule has 1 saturated heterocycles. The van der Waals surface area contributed by atoms with Gasteiger partial charge in [0.1, 0.15) is 0 Å². The average Bonchev–Trinajstić information content (AvgIpc) is 3.45. The largest absolute Gasteiger partial charge is 0.376 e. The zero-order chi connectivity index (χ0) is 22.7. The number of aromatic nitrogens is 1. The van der Waals surface area contributed by atoms with E-state index in [1.165, 1.54) is 11.3 Å². The lowest BCUT2D eigenvalue weighted by atomic mass is 10.1. The van der Waals surface area contributed by atoms with Gasteiger partial charge in [-0.15, -0.1) is 0 Å². The molecule has 3 aromatic rings. The first-order valence-corrected chi connectivity index (χ1v) is 13.4. The van der Waals surface area contributed by atoms with Crippen molar-refractivity contribution >= 4 is 42.4 Å². The third-order valence-corrected chi connectivity index (χ3v) is 8.55. The minimum atomic E-state index is -3.55. The number of hydrogen-bond donors (Lipinski definition) is 0. The maximum Gasteiger partial charge on any atom is 0.229 e. The summed E-state index contributed by atoms with van der Waals surface area (Å²) in [6.45, 7) is 5.07. The maximum absolute atomic E-state index is 13.3. The SMILES string of the molecule is CCc1cccc2sc(N(CC3CCCO3)C(=O)CCS(=O)(=O)c3ccc(C)cc3)nc12. The standard InChI is InChI=1S/C24H28N2O4S2/c1-3-18-6-4-8-21-23(18)25-24(31-21)26(16-19-7-5-14-30-19)22(27)13-15-32(28,29)20-11-9-17(2)10-12-20/h4,6,8-12,19H,3,5,7,13-16H2,1-2H3. The molecule has 8 heteroatoms. The number of anilines is 1. The van der Waals surface area contributed by atoms with Crippen LogP contribution in [0.5, 0.6) is 0 Å². The number of sulfone groups is 1. The van der Waals surface area contributed by atoms with Gasteiger partial charge in [-0.1, -0.05) is 48.1 Å². The smallest absolute Gasteiger partial charge is 0.229 e. The molecule has 1 aliphatic heterocycles. The summed E-state index contributed by atoms with van der Waals surface area (Å²) in [6, 6.07) is 12.8. The number of nitrogens with zero attached hydrogens (tertiary/aromatic N) is 2. The summed E-state index contributed by atoms with van der Waals surface area (Å²) in [6.07, 6.45) is 2.56. The number of carbonyl (C=O) groups is 1. The molecule has 4 rings (SSSR count). The maximum atomic E-state index is 13.3. The second kappa shape index (κ2) is 9.68. The summed E-state index contributed by atoms with van der Waals surface area (Å²) in [5.41, 5.74) is 3.04. The number of ether oxygens (including phenoxy) is 1. The van der Waals surface area contributed by atoms with Crippen molar-refractivity contribution in [2.45, 2.75) is 50.5 Å². The lowest BCUT2D eigenvalue weighted by Gasteiger charge is -2.23. The fourth-order valence-corrected chi connectivity index (χ4v) is 6.16. The summed E-state index contributed by atoms with van der Waals surface area (Å²) in [5.74, 6) is -0.476. The number of benzene rings is 2. The minimum Gasteiger partial charge on any atom is -0.376 e. The van der Waals surface area contributed by atoms with Gasteiger partial charge in [-0.05, 0) is 49.9 Å². The van der Waals surface area contributed by atoms with E-state index < -0.39 is 9.84 Å². The number of rotatable bonds is 8. The molecule has 0 radical (unpaired) electrons. The van der Waals surface area contributed by atoms with Gasteiger partial charge in [-0.3, -0.25) is 9.69 Å². The summed E-state index contributed by atoms with van der Waals surface area (Å²) in [4.78, 5) is 19.9. The van der Waals surface area contributed by atoms with Crippen LogP contribution in [0.15, 0.2) is 47.4 Å². The van der Waals surface area contributed by atoms with Gasteiger partial charge in [0.2, 0.25) is 5.91 Å². The predicted molar refractivity (Wildman–Crippen MR) is 128 cm³/mol. The van der Waals surface area contributed by atoms with Crippen molar-refractivity contribution in [2.24, 2.45) is 0 Å². The van der Waals surface area contributed by atoms with Crippen LogP contribution in [-0.4, -0.2) is 44.3 Å². The number of carbonyl (C=O) groups excluding carboxylic acids is 1. The highest BCUT2D eigenvalue weighted by molar-refractivity contribution is 7.91. The molecule has 2 heterocycles. The Morgan fingerprint density at radius 3 is 2.69 bits per heavy atom. The topological polar surface area (TPSA) is 76.6 Å². The summed E-state index contributed by atoms with van der Waals surface area (Å²) < 4.78 is 32.3. The van der Waals surface area contributed by atoms with Crippen molar-refractivity contribution in [3.8, 4) is 0 Å². The second-order valence-electron chi connectivity index (χ2n) is 8.14. The van der Waals surface area contributed by atoms with Gasteiger partial charge in [0.25, 0.3) is 0 Å². The van der Waals surface area contributed by atoms with Crippen LogP contribution in [0.25, 0.3) is 10.2 Å². The number of para-hydroxylation sites is 1. The Morgan fingerprint density at radius 1 is 1.22 bits per heavy atom. The van der Waals surface area contributed by atoms with Gasteiger partial charge in [-0.25, -0.2) is 13.4 Å². The molecule has 32 heavy (non-hydrogen) atoms. The lowest BCUT2D eigenvalue weighted by molar-refractivity contribution is -0.118. The van der Waals surface area contributed by atoms with Crippen molar-refractivity contribution < 1.29 is 17.9 Å². The molecule has 0 spiro atoms. The lowest BCUT2D eigenvalue weighted by Crippen LogP contribution is -2.38. The van der Waals surface area contributed by atoms with Crippen molar-refractivity contribution in [1.29, 1.82) is 0 Å². The highest BCUT2D eigenvalue weighted by Crippen LogP contribution is 2.32. The molecule has 1 aliphatic rings. The van der Waals surface area contributed by atoms with Crippen LogP contribution < -0.4 is 4.90 Å². The summed E-state index contributed by atoms with van der Waals surface area (Å²) in [5, 5.41) is 0.606. The summed E-state index contributed by atoms with van der Waals surface area (Å²) in [7, 11) is -3.55. The molecule has 0 bridgehead atoms. The average molecular weight is 473 g/mol. The first-order chi connectivity index (χ1) is 15.4. The van der Waals surface area contributed by atoms with Crippen molar-refractivity contribution in [1.82, 2.24) is 4.98 Å². The fourth-order valence-electron chi connectivity index (χ4n) is 3.89. The van der Waals surface area contributed by atoms with Crippen molar-refractivity contribution in [3.05, 3.63) is 53.6 Å². The van der Waals surface area contributed by atoms with E-state index in [9.17, 15) is 13.2 Å². The monoisotopic (exact) mass is 472 g/mol. The molecule has 0 aliphatic carbocycles. The molecular weight excluding hydrogens is 444 g/mol. The zero-order valence-corrected chi connectivity index (χ0v) is 20.0. The van der Waals surface area contributed by atoms with Crippen LogP contribution >= 0.6 is 11.3 Å². The molecule has 1 atom stereocenters.